The number of hydrogen-bond acceptors (Lipinski definition) is 1. The molecule has 0 radical (unpaired) electrons. The molecule has 0 aromatic heterocycles. The minimum Gasteiger partial charge on any atom is -0.311 e. The second-order valence-electron chi connectivity index (χ2n) is 2.92. The Hall–Kier alpha value is -0.300. The van der Waals surface area contributed by atoms with E-state index in [2.05, 4.69) is 38.2 Å². The van der Waals surface area contributed by atoms with E-state index in [1.807, 2.05) is 0 Å². The van der Waals surface area contributed by atoms with Gasteiger partial charge >= 0.3 is 0 Å². The van der Waals surface area contributed by atoms with Gasteiger partial charge in [-0.15, -0.1) is 0 Å². The smallest absolute Gasteiger partial charge is 0.0221 e. The van der Waals surface area contributed by atoms with E-state index >= 15 is 0 Å². The van der Waals surface area contributed by atoms with Crippen LogP contribution in [-0.2, 0) is 0 Å². The molecule has 0 saturated carbocycles. The number of rotatable bonds is 6. The maximum atomic E-state index is 3.34. The van der Waals surface area contributed by atoms with Gasteiger partial charge < -0.3 is 5.32 Å². The van der Waals surface area contributed by atoms with Crippen LogP contribution in [0.15, 0.2) is 12.2 Å². The van der Waals surface area contributed by atoms with Crippen LogP contribution in [0, 0.1) is 0 Å². The summed E-state index contributed by atoms with van der Waals surface area (Å²) < 4.78 is 0. The molecule has 0 aliphatic carbocycles. The lowest BCUT2D eigenvalue weighted by atomic mass is 10.2. The molecule has 0 bridgehead atoms. The van der Waals surface area contributed by atoms with Crippen LogP contribution in [0.4, 0.5) is 0 Å². The highest BCUT2D eigenvalue weighted by Gasteiger charge is 1.89. The Bertz CT molecular complexity index is 97.0. The lowest BCUT2D eigenvalue weighted by molar-refractivity contribution is 0.657. The number of unbranched alkanes of at least 4 members (excludes halogenated alkanes) is 2. The van der Waals surface area contributed by atoms with Crippen molar-refractivity contribution in [1.29, 1.82) is 0 Å². The molecule has 0 heterocycles. The predicted molar refractivity (Wildman–Crippen MR) is 51.8 cm³/mol. The Kier molecular flexibility index (Phi) is 7.59. The molecule has 1 nitrogen and oxygen atoms in total. The molecule has 11 heavy (non-hydrogen) atoms. The summed E-state index contributed by atoms with van der Waals surface area (Å²) >= 11 is 0. The summed E-state index contributed by atoms with van der Waals surface area (Å²) in [5.41, 5.74) is 0. The summed E-state index contributed by atoms with van der Waals surface area (Å²) in [6.45, 7) is 7.60. The van der Waals surface area contributed by atoms with Crippen molar-refractivity contribution in [2.24, 2.45) is 0 Å². The molecule has 1 atom stereocenters. The van der Waals surface area contributed by atoms with E-state index in [4.69, 9.17) is 0 Å². The van der Waals surface area contributed by atoms with Gasteiger partial charge in [-0.2, -0.15) is 0 Å². The van der Waals surface area contributed by atoms with Gasteiger partial charge in [-0.1, -0.05) is 38.8 Å². The highest BCUT2D eigenvalue weighted by atomic mass is 14.9. The zero-order chi connectivity index (χ0) is 8.53. The fourth-order valence-electron chi connectivity index (χ4n) is 1.01. The molecule has 0 fully saturated rings. The summed E-state index contributed by atoms with van der Waals surface area (Å²) in [6, 6.07) is 0.539. The van der Waals surface area contributed by atoms with Gasteiger partial charge in [0, 0.05) is 6.04 Å². The van der Waals surface area contributed by atoms with Gasteiger partial charge in [-0.25, -0.2) is 0 Å². The summed E-state index contributed by atoms with van der Waals surface area (Å²) in [5.74, 6) is 0. The second-order valence-corrected chi connectivity index (χ2v) is 2.92. The van der Waals surface area contributed by atoms with Crippen molar-refractivity contribution >= 4 is 0 Å². The molecule has 66 valence electrons. The van der Waals surface area contributed by atoms with Gasteiger partial charge in [0.05, 0.1) is 0 Å². The highest BCUT2D eigenvalue weighted by Crippen LogP contribution is 1.95. The summed E-state index contributed by atoms with van der Waals surface area (Å²) in [5, 5.41) is 3.34. The zero-order valence-electron chi connectivity index (χ0n) is 8.06. The summed E-state index contributed by atoms with van der Waals surface area (Å²) in [6.07, 6.45) is 8.36. The Morgan fingerprint density at radius 3 is 2.64 bits per heavy atom. The third-order valence-corrected chi connectivity index (χ3v) is 1.68. The Morgan fingerprint density at radius 2 is 2.09 bits per heavy atom. The highest BCUT2D eigenvalue weighted by molar-refractivity contribution is 4.90. The van der Waals surface area contributed by atoms with Crippen LogP contribution in [0.1, 0.15) is 40.0 Å². The third kappa shape index (κ3) is 7.60. The van der Waals surface area contributed by atoms with Crippen LogP contribution in [0.5, 0.6) is 0 Å². The minimum atomic E-state index is 0.539. The second kappa shape index (κ2) is 7.80. The van der Waals surface area contributed by atoms with E-state index in [-0.39, 0.29) is 0 Å². The molecule has 0 spiro atoms. The van der Waals surface area contributed by atoms with Gasteiger partial charge in [0.25, 0.3) is 0 Å². The van der Waals surface area contributed by atoms with Crippen LogP contribution < -0.4 is 5.32 Å². The Labute approximate surface area is 70.9 Å². The number of hydrogen-bond donors (Lipinski definition) is 1. The van der Waals surface area contributed by atoms with E-state index in [0.29, 0.717) is 6.04 Å². The molecule has 0 aromatic rings. The molecular weight excluding hydrogens is 134 g/mol. The van der Waals surface area contributed by atoms with Gasteiger partial charge in [-0.05, 0) is 19.9 Å². The molecule has 0 aromatic carbocycles. The monoisotopic (exact) mass is 155 g/mol. The van der Waals surface area contributed by atoms with E-state index < -0.39 is 0 Å². The quantitative estimate of drug-likeness (QED) is 0.459. The standard InChI is InChI=1S/C10H21N/c1-4-6-7-8-9-10(3)11-5-2/h8-11H,4-7H2,1-3H3. The Morgan fingerprint density at radius 1 is 1.36 bits per heavy atom. The molecule has 1 unspecified atom stereocenters. The first-order valence-corrected chi connectivity index (χ1v) is 4.71. The van der Waals surface area contributed by atoms with Crippen molar-refractivity contribution < 1.29 is 0 Å². The number of nitrogens with one attached hydrogen (secondary N) is 1. The van der Waals surface area contributed by atoms with Crippen molar-refractivity contribution in [1.82, 2.24) is 5.32 Å². The van der Waals surface area contributed by atoms with Crippen LogP contribution in [0.2, 0.25) is 0 Å². The number of likely N-dealkylation sites (N-methyl/N-ethyl adjacent to an activating group) is 1. The minimum absolute atomic E-state index is 0.539. The van der Waals surface area contributed by atoms with Crippen molar-refractivity contribution in [3.63, 3.8) is 0 Å². The molecular formula is C10H21N. The zero-order valence-corrected chi connectivity index (χ0v) is 8.06. The molecule has 0 saturated heterocycles. The van der Waals surface area contributed by atoms with Crippen LogP contribution in [0.3, 0.4) is 0 Å². The molecule has 0 amide bonds. The number of allylic oxidation sites excluding steroid dienone is 1. The van der Waals surface area contributed by atoms with Crippen molar-refractivity contribution in [3.8, 4) is 0 Å². The van der Waals surface area contributed by atoms with E-state index in [0.717, 1.165) is 6.54 Å². The van der Waals surface area contributed by atoms with E-state index in [9.17, 15) is 0 Å². The maximum absolute atomic E-state index is 3.34. The van der Waals surface area contributed by atoms with Crippen molar-refractivity contribution in [3.05, 3.63) is 12.2 Å². The van der Waals surface area contributed by atoms with Crippen LogP contribution >= 0.6 is 0 Å². The van der Waals surface area contributed by atoms with E-state index in [1.54, 1.807) is 0 Å². The normalized spacial score (nSPS) is 14.1. The fourth-order valence-corrected chi connectivity index (χ4v) is 1.01. The molecule has 0 rings (SSSR count). The first kappa shape index (κ1) is 10.7. The lowest BCUT2D eigenvalue weighted by Crippen LogP contribution is -2.22. The Balaban J connectivity index is 3.24. The first-order chi connectivity index (χ1) is 5.31. The summed E-state index contributed by atoms with van der Waals surface area (Å²) in [4.78, 5) is 0. The van der Waals surface area contributed by atoms with Gasteiger partial charge in [0.15, 0.2) is 0 Å². The van der Waals surface area contributed by atoms with Crippen molar-refractivity contribution in [2.45, 2.75) is 46.1 Å². The molecule has 1 N–H and O–H groups in total. The predicted octanol–water partition coefficient (Wildman–Crippen LogP) is 2.73. The van der Waals surface area contributed by atoms with Crippen LogP contribution in [-0.4, -0.2) is 12.6 Å². The van der Waals surface area contributed by atoms with Gasteiger partial charge in [0.2, 0.25) is 0 Å². The van der Waals surface area contributed by atoms with Gasteiger partial charge in [0.1, 0.15) is 0 Å². The maximum Gasteiger partial charge on any atom is 0.0221 e. The topological polar surface area (TPSA) is 12.0 Å². The first-order valence-electron chi connectivity index (χ1n) is 4.71. The molecule has 1 heteroatoms. The fraction of sp³-hybridized carbons (Fsp3) is 0.800. The summed E-state index contributed by atoms with van der Waals surface area (Å²) in [7, 11) is 0. The largest absolute Gasteiger partial charge is 0.311 e. The lowest BCUT2D eigenvalue weighted by Gasteiger charge is -2.05. The molecule has 0 aliphatic rings. The third-order valence-electron chi connectivity index (χ3n) is 1.68. The van der Waals surface area contributed by atoms with E-state index in [1.165, 1.54) is 19.3 Å². The molecule has 0 aliphatic heterocycles. The average Bonchev–Trinajstić information content (AvgIpc) is 1.99. The SMILES string of the molecule is CCCCC=CC(C)NCC. The van der Waals surface area contributed by atoms with Crippen LogP contribution in [0.25, 0.3) is 0 Å². The van der Waals surface area contributed by atoms with Gasteiger partial charge in [-0.3, -0.25) is 0 Å². The average molecular weight is 155 g/mol. The van der Waals surface area contributed by atoms with Crippen molar-refractivity contribution in [2.75, 3.05) is 6.54 Å².